The maximum Gasteiger partial charge on any atom is 0.292 e. The van der Waals surface area contributed by atoms with Crippen molar-refractivity contribution < 1.29 is 17.2 Å². The molecule has 1 saturated heterocycles. The summed E-state index contributed by atoms with van der Waals surface area (Å²) in [4.78, 5) is 14.6. The highest BCUT2D eigenvalue weighted by Gasteiger charge is 2.22. The number of nitrogens with zero attached hydrogens (tertiary/aromatic N) is 3. The lowest BCUT2D eigenvalue weighted by molar-refractivity contribution is 0.230. The number of piperidine rings is 1. The minimum Gasteiger partial charge on any atom is -0.380 e. The van der Waals surface area contributed by atoms with Gasteiger partial charge in [-0.1, -0.05) is 11.6 Å². The van der Waals surface area contributed by atoms with Crippen LogP contribution in [0.2, 0.25) is 5.02 Å². The van der Waals surface area contributed by atoms with Gasteiger partial charge in [0, 0.05) is 38.0 Å². The molecule has 7 nitrogen and oxygen atoms in total. The predicted octanol–water partition coefficient (Wildman–Crippen LogP) is 2.08. The van der Waals surface area contributed by atoms with Gasteiger partial charge >= 0.3 is 0 Å². The summed E-state index contributed by atoms with van der Waals surface area (Å²) in [7, 11) is -3.00. The standard InChI is InChI=1S/C18H21ClF2N4O3S/c1-29(27,28)9-8-24-6-4-13(5-7-24)23-15-11-22-25(18(26)17(15)19)16-3-2-12(20)10-14(16)21/h2-3,10-11,13,23H,4-9H2,1H3. The van der Waals surface area contributed by atoms with Crippen LogP contribution >= 0.6 is 11.6 Å². The van der Waals surface area contributed by atoms with E-state index in [9.17, 15) is 22.0 Å². The molecule has 0 bridgehead atoms. The number of likely N-dealkylation sites (tertiary alicyclic amines) is 1. The summed E-state index contributed by atoms with van der Waals surface area (Å²) in [5.41, 5.74) is -0.568. The van der Waals surface area contributed by atoms with E-state index in [1.54, 1.807) is 0 Å². The summed E-state index contributed by atoms with van der Waals surface area (Å²) in [6.07, 6.45) is 4.05. The first kappa shape index (κ1) is 21.7. The van der Waals surface area contributed by atoms with Crippen molar-refractivity contribution in [3.8, 4) is 5.69 Å². The quantitative estimate of drug-likeness (QED) is 0.731. The van der Waals surface area contributed by atoms with Crippen LogP contribution in [0.1, 0.15) is 12.8 Å². The van der Waals surface area contributed by atoms with E-state index in [2.05, 4.69) is 15.3 Å². The van der Waals surface area contributed by atoms with Crippen LogP contribution < -0.4 is 10.9 Å². The van der Waals surface area contributed by atoms with Crippen LogP contribution in [0.15, 0.2) is 29.2 Å². The monoisotopic (exact) mass is 446 g/mol. The van der Waals surface area contributed by atoms with E-state index in [0.717, 1.165) is 42.7 Å². The Bertz CT molecular complexity index is 1050. The van der Waals surface area contributed by atoms with Crippen molar-refractivity contribution in [3.63, 3.8) is 0 Å². The molecule has 1 fully saturated rings. The highest BCUT2D eigenvalue weighted by atomic mass is 35.5. The molecule has 0 amide bonds. The van der Waals surface area contributed by atoms with Gasteiger partial charge in [0.25, 0.3) is 5.56 Å². The lowest BCUT2D eigenvalue weighted by Gasteiger charge is -2.32. The summed E-state index contributed by atoms with van der Waals surface area (Å²) < 4.78 is 50.4. The van der Waals surface area contributed by atoms with Crippen molar-refractivity contribution in [1.82, 2.24) is 14.7 Å². The lowest BCUT2D eigenvalue weighted by atomic mass is 10.0. The van der Waals surface area contributed by atoms with Gasteiger partial charge in [-0.3, -0.25) is 4.79 Å². The summed E-state index contributed by atoms with van der Waals surface area (Å²) in [5.74, 6) is -1.55. The molecule has 0 radical (unpaired) electrons. The van der Waals surface area contributed by atoms with E-state index in [-0.39, 0.29) is 22.5 Å². The molecule has 0 saturated carbocycles. The molecule has 0 unspecified atom stereocenters. The Kier molecular flexibility index (Phi) is 6.55. The summed E-state index contributed by atoms with van der Waals surface area (Å²) >= 11 is 6.17. The average Bonchev–Trinajstić information content (AvgIpc) is 2.65. The van der Waals surface area contributed by atoms with E-state index in [1.165, 1.54) is 12.5 Å². The van der Waals surface area contributed by atoms with E-state index in [1.807, 2.05) is 0 Å². The molecule has 1 aliphatic rings. The first-order chi connectivity index (χ1) is 13.6. The van der Waals surface area contributed by atoms with Crippen molar-refractivity contribution in [2.45, 2.75) is 18.9 Å². The fourth-order valence-corrected chi connectivity index (χ4v) is 3.95. The number of hydrogen-bond donors (Lipinski definition) is 1. The number of hydrogen-bond acceptors (Lipinski definition) is 6. The second kappa shape index (κ2) is 8.76. The van der Waals surface area contributed by atoms with Gasteiger partial charge in [-0.2, -0.15) is 9.78 Å². The molecular weight excluding hydrogens is 426 g/mol. The van der Waals surface area contributed by atoms with Crippen molar-refractivity contribution >= 4 is 27.1 Å². The highest BCUT2D eigenvalue weighted by Crippen LogP contribution is 2.22. The van der Waals surface area contributed by atoms with Crippen LogP contribution in [-0.2, 0) is 9.84 Å². The maximum absolute atomic E-state index is 14.0. The number of nitrogens with one attached hydrogen (secondary N) is 1. The molecule has 1 aromatic carbocycles. The smallest absolute Gasteiger partial charge is 0.292 e. The minimum atomic E-state index is -3.00. The molecule has 1 N–H and O–H groups in total. The van der Waals surface area contributed by atoms with Crippen molar-refractivity contribution in [2.75, 3.05) is 37.0 Å². The van der Waals surface area contributed by atoms with Gasteiger partial charge in [-0.25, -0.2) is 17.2 Å². The Hall–Kier alpha value is -2.04. The van der Waals surface area contributed by atoms with Gasteiger partial charge in [0.15, 0.2) is 5.82 Å². The topological polar surface area (TPSA) is 84.3 Å². The highest BCUT2D eigenvalue weighted by molar-refractivity contribution is 7.90. The van der Waals surface area contributed by atoms with Crippen LogP contribution in [-0.4, -0.2) is 60.8 Å². The molecule has 29 heavy (non-hydrogen) atoms. The third-order valence-electron chi connectivity index (χ3n) is 4.78. The van der Waals surface area contributed by atoms with Gasteiger partial charge in [-0.05, 0) is 25.0 Å². The largest absolute Gasteiger partial charge is 0.380 e. The second-order valence-electron chi connectivity index (χ2n) is 7.08. The van der Waals surface area contributed by atoms with Crippen LogP contribution in [0.5, 0.6) is 0 Å². The zero-order chi connectivity index (χ0) is 21.2. The molecule has 0 spiro atoms. The maximum atomic E-state index is 14.0. The SMILES string of the molecule is CS(=O)(=O)CCN1CCC(Nc2cnn(-c3ccc(F)cc3F)c(=O)c2Cl)CC1. The van der Waals surface area contributed by atoms with Gasteiger partial charge in [0.2, 0.25) is 0 Å². The molecule has 1 aromatic heterocycles. The zero-order valence-electron chi connectivity index (χ0n) is 15.7. The predicted molar refractivity (Wildman–Crippen MR) is 108 cm³/mol. The Balaban J connectivity index is 1.67. The van der Waals surface area contributed by atoms with E-state index in [4.69, 9.17) is 11.6 Å². The Morgan fingerprint density at radius 3 is 2.59 bits per heavy atom. The second-order valence-corrected chi connectivity index (χ2v) is 9.71. The summed E-state index contributed by atoms with van der Waals surface area (Å²) in [6.45, 7) is 1.93. The summed E-state index contributed by atoms with van der Waals surface area (Å²) in [5, 5.41) is 7.00. The van der Waals surface area contributed by atoms with E-state index >= 15 is 0 Å². The molecule has 0 aliphatic carbocycles. The Morgan fingerprint density at radius 2 is 1.97 bits per heavy atom. The van der Waals surface area contributed by atoms with Crippen molar-refractivity contribution in [2.24, 2.45) is 0 Å². The molecule has 158 valence electrons. The number of aromatic nitrogens is 2. The molecule has 2 aromatic rings. The first-order valence-corrected chi connectivity index (χ1v) is 11.5. The van der Waals surface area contributed by atoms with Gasteiger partial charge in [0.1, 0.15) is 26.4 Å². The zero-order valence-corrected chi connectivity index (χ0v) is 17.3. The lowest BCUT2D eigenvalue weighted by Crippen LogP contribution is -2.41. The number of halogens is 3. The fourth-order valence-electron chi connectivity index (χ4n) is 3.17. The summed E-state index contributed by atoms with van der Waals surface area (Å²) in [6, 6.07) is 2.86. The Morgan fingerprint density at radius 1 is 1.28 bits per heavy atom. The minimum absolute atomic E-state index is 0.0431. The molecule has 0 atom stereocenters. The van der Waals surface area contributed by atoms with Gasteiger partial charge in [-0.15, -0.1) is 0 Å². The number of anilines is 1. The molecule has 3 rings (SSSR count). The molecule has 1 aliphatic heterocycles. The van der Waals surface area contributed by atoms with Crippen molar-refractivity contribution in [3.05, 3.63) is 51.4 Å². The Labute approximate surface area is 172 Å². The third kappa shape index (κ3) is 5.52. The average molecular weight is 447 g/mol. The van der Waals surface area contributed by atoms with Gasteiger partial charge in [0.05, 0.1) is 17.6 Å². The molecule has 2 heterocycles. The molecule has 11 heteroatoms. The number of benzene rings is 1. The number of rotatable bonds is 6. The first-order valence-electron chi connectivity index (χ1n) is 9.04. The normalized spacial score (nSPS) is 16.1. The van der Waals surface area contributed by atoms with Crippen LogP contribution in [0.4, 0.5) is 14.5 Å². The van der Waals surface area contributed by atoms with Crippen LogP contribution in [0.3, 0.4) is 0 Å². The van der Waals surface area contributed by atoms with Gasteiger partial charge < -0.3 is 10.2 Å². The number of sulfone groups is 1. The molecular formula is C18H21ClF2N4O3S. The fraction of sp³-hybridized carbons (Fsp3) is 0.444. The van der Waals surface area contributed by atoms with Crippen LogP contribution in [0, 0.1) is 11.6 Å². The third-order valence-corrected chi connectivity index (χ3v) is 6.07. The van der Waals surface area contributed by atoms with E-state index in [0.29, 0.717) is 18.3 Å². The van der Waals surface area contributed by atoms with Crippen LogP contribution in [0.25, 0.3) is 5.69 Å². The van der Waals surface area contributed by atoms with E-state index < -0.39 is 27.0 Å². The van der Waals surface area contributed by atoms with Crippen molar-refractivity contribution in [1.29, 1.82) is 0 Å².